The average molecular weight is 362 g/mol. The molecule has 5 nitrogen and oxygen atoms in total. The van der Waals surface area contributed by atoms with Crippen LogP contribution < -0.4 is 0 Å². The normalized spacial score (nSPS) is 17.1. The summed E-state index contributed by atoms with van der Waals surface area (Å²) in [5.41, 5.74) is 4.11. The van der Waals surface area contributed by atoms with Crippen LogP contribution in [0.1, 0.15) is 35.4 Å². The summed E-state index contributed by atoms with van der Waals surface area (Å²) in [4.78, 5) is 0.440. The molecule has 0 aliphatic carbocycles. The Kier molecular flexibility index (Phi) is 5.02. The van der Waals surface area contributed by atoms with Crippen molar-refractivity contribution in [1.29, 1.82) is 0 Å². The van der Waals surface area contributed by atoms with Crippen molar-refractivity contribution in [2.24, 2.45) is 5.92 Å². The summed E-state index contributed by atoms with van der Waals surface area (Å²) in [6, 6.07) is 7.62. The molecule has 1 aliphatic heterocycles. The van der Waals surface area contributed by atoms with Gasteiger partial charge in [0.2, 0.25) is 10.0 Å². The zero-order chi connectivity index (χ0) is 18.2. The number of rotatable bonds is 4. The number of aromatic nitrogens is 2. The maximum Gasteiger partial charge on any atom is 0.243 e. The Labute approximate surface area is 150 Å². The monoisotopic (exact) mass is 361 g/mol. The molecule has 0 saturated carbocycles. The molecule has 0 bridgehead atoms. The summed E-state index contributed by atoms with van der Waals surface area (Å²) < 4.78 is 29.6. The summed E-state index contributed by atoms with van der Waals surface area (Å²) in [7, 11) is -3.40. The molecule has 1 aliphatic rings. The second-order valence-electron chi connectivity index (χ2n) is 7.23. The lowest BCUT2D eigenvalue weighted by atomic mass is 9.98. The van der Waals surface area contributed by atoms with Crippen LogP contribution in [-0.2, 0) is 16.6 Å². The minimum Gasteiger partial charge on any atom is -0.269 e. The molecule has 2 heterocycles. The summed E-state index contributed by atoms with van der Waals surface area (Å²) in [6.45, 7) is 9.96. The van der Waals surface area contributed by atoms with E-state index in [1.165, 1.54) is 5.69 Å². The molecule has 2 aromatic rings. The van der Waals surface area contributed by atoms with E-state index in [0.717, 1.165) is 36.2 Å². The van der Waals surface area contributed by atoms with E-state index in [-0.39, 0.29) is 0 Å². The van der Waals surface area contributed by atoms with Crippen LogP contribution >= 0.6 is 0 Å². The molecule has 3 rings (SSSR count). The van der Waals surface area contributed by atoms with E-state index in [4.69, 9.17) is 0 Å². The number of hydrogen-bond donors (Lipinski definition) is 0. The van der Waals surface area contributed by atoms with E-state index in [2.05, 4.69) is 18.1 Å². The average Bonchev–Trinajstić information content (AvgIpc) is 2.85. The molecule has 1 saturated heterocycles. The standard InChI is InChI=1S/C19H27N3O2S/c1-14-5-6-19(15(2)11-14)25(23,24)21-9-7-18(8-10-21)13-22-17(4)12-16(3)20-22/h5-6,11-12,18H,7-10,13H2,1-4H3. The lowest BCUT2D eigenvalue weighted by Crippen LogP contribution is -2.39. The lowest BCUT2D eigenvalue weighted by molar-refractivity contribution is 0.246. The maximum atomic E-state index is 13.0. The quantitative estimate of drug-likeness (QED) is 0.840. The van der Waals surface area contributed by atoms with Gasteiger partial charge in [0.1, 0.15) is 0 Å². The van der Waals surface area contributed by atoms with Gasteiger partial charge in [-0.3, -0.25) is 4.68 Å². The molecule has 0 unspecified atom stereocenters. The van der Waals surface area contributed by atoms with Crippen LogP contribution in [-0.4, -0.2) is 35.6 Å². The SMILES string of the molecule is Cc1ccc(S(=O)(=O)N2CCC(Cn3nc(C)cc3C)CC2)c(C)c1. The molecule has 0 spiro atoms. The number of nitrogens with zero attached hydrogens (tertiary/aromatic N) is 3. The van der Waals surface area contributed by atoms with Gasteiger partial charge in [-0.1, -0.05) is 17.7 Å². The van der Waals surface area contributed by atoms with Crippen molar-refractivity contribution in [2.45, 2.75) is 52.0 Å². The lowest BCUT2D eigenvalue weighted by Gasteiger charge is -2.31. The van der Waals surface area contributed by atoms with Crippen molar-refractivity contribution in [3.05, 3.63) is 46.8 Å². The van der Waals surface area contributed by atoms with Crippen molar-refractivity contribution in [3.63, 3.8) is 0 Å². The van der Waals surface area contributed by atoms with E-state index in [9.17, 15) is 8.42 Å². The molecule has 0 amide bonds. The number of aryl methyl sites for hydroxylation is 4. The Balaban J connectivity index is 1.68. The number of sulfonamides is 1. The second kappa shape index (κ2) is 6.92. The predicted molar refractivity (Wildman–Crippen MR) is 99.1 cm³/mol. The fourth-order valence-corrected chi connectivity index (χ4v) is 5.34. The zero-order valence-corrected chi connectivity index (χ0v) is 16.3. The highest BCUT2D eigenvalue weighted by molar-refractivity contribution is 7.89. The molecular formula is C19H27N3O2S. The van der Waals surface area contributed by atoms with E-state index in [1.54, 1.807) is 10.4 Å². The van der Waals surface area contributed by atoms with Crippen molar-refractivity contribution in [3.8, 4) is 0 Å². The highest BCUT2D eigenvalue weighted by atomic mass is 32.2. The third-order valence-corrected chi connectivity index (χ3v) is 7.12. The molecule has 0 N–H and O–H groups in total. The number of hydrogen-bond acceptors (Lipinski definition) is 3. The second-order valence-corrected chi connectivity index (χ2v) is 9.13. The van der Waals surface area contributed by atoms with Crippen LogP contribution in [0.5, 0.6) is 0 Å². The number of piperidine rings is 1. The smallest absolute Gasteiger partial charge is 0.243 e. The molecule has 1 fully saturated rings. The van der Waals surface area contributed by atoms with Gasteiger partial charge in [0.25, 0.3) is 0 Å². The molecule has 1 aromatic heterocycles. The third-order valence-electron chi connectivity index (χ3n) is 5.06. The Morgan fingerprint density at radius 3 is 2.32 bits per heavy atom. The Morgan fingerprint density at radius 1 is 1.08 bits per heavy atom. The van der Waals surface area contributed by atoms with Gasteiger partial charge in [-0.05, 0) is 64.2 Å². The van der Waals surface area contributed by atoms with E-state index in [0.29, 0.717) is 23.9 Å². The predicted octanol–water partition coefficient (Wildman–Crippen LogP) is 3.22. The Morgan fingerprint density at radius 2 is 1.76 bits per heavy atom. The first kappa shape index (κ1) is 18.1. The fraction of sp³-hybridized carbons (Fsp3) is 0.526. The van der Waals surface area contributed by atoms with Gasteiger partial charge in [-0.15, -0.1) is 0 Å². The third kappa shape index (κ3) is 3.80. The topological polar surface area (TPSA) is 55.2 Å². The highest BCUT2D eigenvalue weighted by Gasteiger charge is 2.30. The van der Waals surface area contributed by atoms with E-state index in [1.807, 2.05) is 37.6 Å². The van der Waals surface area contributed by atoms with Crippen LogP contribution in [0.2, 0.25) is 0 Å². The van der Waals surface area contributed by atoms with Crippen molar-refractivity contribution < 1.29 is 8.42 Å². The summed E-state index contributed by atoms with van der Waals surface area (Å²) in [5.74, 6) is 0.476. The first-order valence-electron chi connectivity index (χ1n) is 8.86. The highest BCUT2D eigenvalue weighted by Crippen LogP contribution is 2.27. The fourth-order valence-electron chi connectivity index (χ4n) is 3.66. The Bertz CT molecular complexity index is 863. The summed E-state index contributed by atoms with van der Waals surface area (Å²) in [6.07, 6.45) is 1.75. The zero-order valence-electron chi connectivity index (χ0n) is 15.5. The van der Waals surface area contributed by atoms with Crippen LogP contribution in [0.4, 0.5) is 0 Å². The van der Waals surface area contributed by atoms with Crippen LogP contribution in [0.25, 0.3) is 0 Å². The first-order valence-corrected chi connectivity index (χ1v) is 10.3. The van der Waals surface area contributed by atoms with Gasteiger partial charge in [0, 0.05) is 25.3 Å². The maximum absolute atomic E-state index is 13.0. The van der Waals surface area contributed by atoms with Crippen molar-refractivity contribution in [2.75, 3.05) is 13.1 Å². The van der Waals surface area contributed by atoms with Crippen LogP contribution in [0.3, 0.4) is 0 Å². The Hall–Kier alpha value is -1.66. The van der Waals surface area contributed by atoms with Gasteiger partial charge in [-0.25, -0.2) is 8.42 Å². The van der Waals surface area contributed by atoms with Crippen molar-refractivity contribution in [1.82, 2.24) is 14.1 Å². The van der Waals surface area contributed by atoms with Crippen LogP contribution in [0, 0.1) is 33.6 Å². The molecule has 0 atom stereocenters. The van der Waals surface area contributed by atoms with E-state index >= 15 is 0 Å². The van der Waals surface area contributed by atoms with Gasteiger partial charge in [-0.2, -0.15) is 9.40 Å². The summed E-state index contributed by atoms with van der Waals surface area (Å²) >= 11 is 0. The molecule has 1 aromatic carbocycles. The largest absolute Gasteiger partial charge is 0.269 e. The van der Waals surface area contributed by atoms with Gasteiger partial charge in [0.15, 0.2) is 0 Å². The summed E-state index contributed by atoms with van der Waals surface area (Å²) in [5, 5.41) is 4.52. The first-order chi connectivity index (χ1) is 11.8. The van der Waals surface area contributed by atoms with Crippen LogP contribution in [0.15, 0.2) is 29.2 Å². The minimum absolute atomic E-state index is 0.440. The van der Waals surface area contributed by atoms with E-state index < -0.39 is 10.0 Å². The minimum atomic E-state index is -3.40. The van der Waals surface area contributed by atoms with Gasteiger partial charge < -0.3 is 0 Å². The molecule has 25 heavy (non-hydrogen) atoms. The number of benzene rings is 1. The van der Waals surface area contributed by atoms with Gasteiger partial charge in [0.05, 0.1) is 10.6 Å². The molecule has 0 radical (unpaired) electrons. The molecular weight excluding hydrogens is 334 g/mol. The molecule has 6 heteroatoms. The van der Waals surface area contributed by atoms with Gasteiger partial charge >= 0.3 is 0 Å². The molecule has 136 valence electrons. The van der Waals surface area contributed by atoms with Crippen molar-refractivity contribution >= 4 is 10.0 Å².